The molecular formula is C16H14Cl2N2O5. The Morgan fingerprint density at radius 2 is 1.96 bits per heavy atom. The summed E-state index contributed by atoms with van der Waals surface area (Å²) in [4.78, 5) is 22.5. The molecule has 25 heavy (non-hydrogen) atoms. The van der Waals surface area contributed by atoms with Crippen molar-refractivity contribution in [1.82, 2.24) is 0 Å². The van der Waals surface area contributed by atoms with Crippen LogP contribution < -0.4 is 14.8 Å². The normalized spacial score (nSPS) is 10.2. The first-order chi connectivity index (χ1) is 11.8. The van der Waals surface area contributed by atoms with Gasteiger partial charge in [-0.3, -0.25) is 14.9 Å². The molecule has 2 aromatic carbocycles. The van der Waals surface area contributed by atoms with Gasteiger partial charge in [0.05, 0.1) is 22.1 Å². The van der Waals surface area contributed by atoms with Crippen LogP contribution in [0.25, 0.3) is 0 Å². The summed E-state index contributed by atoms with van der Waals surface area (Å²) < 4.78 is 10.3. The van der Waals surface area contributed by atoms with Gasteiger partial charge in [0.25, 0.3) is 5.91 Å². The van der Waals surface area contributed by atoms with Gasteiger partial charge < -0.3 is 14.8 Å². The lowest BCUT2D eigenvalue weighted by molar-refractivity contribution is -0.385. The molecule has 0 spiro atoms. The summed E-state index contributed by atoms with van der Waals surface area (Å²) in [5.74, 6) is 0.00364. The molecule has 0 heterocycles. The summed E-state index contributed by atoms with van der Waals surface area (Å²) >= 11 is 11.7. The van der Waals surface area contributed by atoms with Gasteiger partial charge in [0.2, 0.25) is 0 Å². The van der Waals surface area contributed by atoms with E-state index in [9.17, 15) is 14.9 Å². The van der Waals surface area contributed by atoms with Crippen LogP contribution in [0.2, 0.25) is 10.0 Å². The number of methoxy groups -OCH3 is 1. The third-order valence-corrected chi connectivity index (χ3v) is 4.00. The molecule has 0 unspecified atom stereocenters. The zero-order valence-corrected chi connectivity index (χ0v) is 14.9. The molecule has 0 radical (unpaired) electrons. The second-order valence-electron chi connectivity index (χ2n) is 5.01. The van der Waals surface area contributed by atoms with E-state index in [-0.39, 0.29) is 18.0 Å². The number of benzene rings is 2. The van der Waals surface area contributed by atoms with E-state index in [0.717, 1.165) is 0 Å². The Balaban J connectivity index is 2.07. The average Bonchev–Trinajstić information content (AvgIpc) is 2.57. The number of rotatable bonds is 6. The molecule has 0 atom stereocenters. The summed E-state index contributed by atoms with van der Waals surface area (Å²) in [7, 11) is 1.32. The molecule has 0 bridgehead atoms. The van der Waals surface area contributed by atoms with Crippen LogP contribution >= 0.6 is 23.2 Å². The van der Waals surface area contributed by atoms with Crippen LogP contribution in [0.5, 0.6) is 11.5 Å². The van der Waals surface area contributed by atoms with Gasteiger partial charge in [-0.2, -0.15) is 0 Å². The van der Waals surface area contributed by atoms with Crippen LogP contribution in [0.3, 0.4) is 0 Å². The van der Waals surface area contributed by atoms with Gasteiger partial charge in [0.1, 0.15) is 5.75 Å². The number of hydrogen-bond acceptors (Lipinski definition) is 5. The highest BCUT2D eigenvalue weighted by Crippen LogP contribution is 2.32. The van der Waals surface area contributed by atoms with E-state index in [4.69, 9.17) is 32.7 Å². The number of nitrogens with one attached hydrogen (secondary N) is 1. The van der Waals surface area contributed by atoms with Crippen molar-refractivity contribution in [3.8, 4) is 11.5 Å². The number of carbonyl (C=O) groups excluding carboxylic acids is 1. The van der Waals surface area contributed by atoms with Crippen LogP contribution in [0.15, 0.2) is 30.3 Å². The van der Waals surface area contributed by atoms with Gasteiger partial charge in [0, 0.05) is 23.9 Å². The van der Waals surface area contributed by atoms with Crippen molar-refractivity contribution < 1.29 is 19.2 Å². The minimum Gasteiger partial charge on any atom is -0.490 e. The topological polar surface area (TPSA) is 90.7 Å². The van der Waals surface area contributed by atoms with Gasteiger partial charge >= 0.3 is 5.69 Å². The quantitative estimate of drug-likeness (QED) is 0.594. The zero-order chi connectivity index (χ0) is 18.6. The van der Waals surface area contributed by atoms with Crippen LogP contribution in [-0.4, -0.2) is 24.5 Å². The molecule has 2 rings (SSSR count). The van der Waals surface area contributed by atoms with Crippen molar-refractivity contribution >= 4 is 40.5 Å². The van der Waals surface area contributed by atoms with Gasteiger partial charge in [-0.15, -0.1) is 0 Å². The van der Waals surface area contributed by atoms with E-state index in [2.05, 4.69) is 5.32 Å². The molecule has 1 amide bonds. The molecule has 7 nitrogen and oxygen atoms in total. The molecule has 1 N–H and O–H groups in total. The summed E-state index contributed by atoms with van der Waals surface area (Å²) in [5.41, 5.74) is 0.741. The lowest BCUT2D eigenvalue weighted by atomic mass is 10.1. The molecule has 2 aromatic rings. The maximum Gasteiger partial charge on any atom is 0.311 e. The molecule has 132 valence electrons. The van der Waals surface area contributed by atoms with E-state index in [0.29, 0.717) is 27.0 Å². The molecule has 0 fully saturated rings. The molecule has 0 saturated carbocycles. The first-order valence-corrected chi connectivity index (χ1v) is 7.78. The summed E-state index contributed by atoms with van der Waals surface area (Å²) in [5, 5.41) is 14.3. The highest BCUT2D eigenvalue weighted by atomic mass is 35.5. The van der Waals surface area contributed by atoms with E-state index in [1.807, 2.05) is 0 Å². The summed E-state index contributed by atoms with van der Waals surface area (Å²) in [6.45, 7) is 1.37. The minimum atomic E-state index is -0.551. The maximum atomic E-state index is 12.0. The monoisotopic (exact) mass is 384 g/mol. The fraction of sp³-hybridized carbons (Fsp3) is 0.188. The van der Waals surface area contributed by atoms with Gasteiger partial charge in [0.15, 0.2) is 12.4 Å². The van der Waals surface area contributed by atoms with E-state index >= 15 is 0 Å². The smallest absolute Gasteiger partial charge is 0.311 e. The number of nitro benzene ring substituents is 1. The molecule has 9 heteroatoms. The fourth-order valence-corrected chi connectivity index (χ4v) is 2.30. The van der Waals surface area contributed by atoms with E-state index in [1.54, 1.807) is 19.1 Å². The largest absolute Gasteiger partial charge is 0.490 e. The van der Waals surface area contributed by atoms with Crippen LogP contribution in [-0.2, 0) is 4.79 Å². The molecule has 0 aliphatic carbocycles. The number of carbonyl (C=O) groups is 1. The van der Waals surface area contributed by atoms with Crippen LogP contribution in [0.1, 0.15) is 5.56 Å². The fourth-order valence-electron chi connectivity index (χ4n) is 2.02. The Morgan fingerprint density at radius 1 is 1.24 bits per heavy atom. The Hall–Kier alpha value is -2.51. The number of nitro groups is 1. The van der Waals surface area contributed by atoms with Crippen LogP contribution in [0.4, 0.5) is 11.4 Å². The number of ether oxygens (including phenoxy) is 2. The van der Waals surface area contributed by atoms with Crippen molar-refractivity contribution in [1.29, 1.82) is 0 Å². The molecule has 0 saturated heterocycles. The zero-order valence-electron chi connectivity index (χ0n) is 13.3. The average molecular weight is 385 g/mol. The number of halogens is 2. The molecule has 0 aliphatic rings. The Morgan fingerprint density at radius 3 is 2.56 bits per heavy atom. The van der Waals surface area contributed by atoms with Crippen molar-refractivity contribution in [3.63, 3.8) is 0 Å². The number of aryl methyl sites for hydroxylation is 1. The highest BCUT2D eigenvalue weighted by molar-refractivity contribution is 6.42. The lowest BCUT2D eigenvalue weighted by Gasteiger charge is -2.11. The Labute approximate surface area is 153 Å². The Bertz CT molecular complexity index is 826. The van der Waals surface area contributed by atoms with Crippen LogP contribution in [0, 0.1) is 17.0 Å². The first-order valence-electron chi connectivity index (χ1n) is 7.02. The maximum absolute atomic E-state index is 12.0. The molecule has 0 aliphatic heterocycles. The Kier molecular flexibility index (Phi) is 6.06. The minimum absolute atomic E-state index is 0.0521. The highest BCUT2D eigenvalue weighted by Gasteiger charge is 2.18. The standard InChI is InChI=1S/C16H14Cl2N2O5/c1-9-5-14(20(22)23)15(24-2)7-13(9)19-16(21)8-25-10-3-4-11(17)12(18)6-10/h3-7H,8H2,1-2H3,(H,19,21). The van der Waals surface area contributed by atoms with Crippen molar-refractivity contribution in [3.05, 3.63) is 56.1 Å². The number of amides is 1. The lowest BCUT2D eigenvalue weighted by Crippen LogP contribution is -2.20. The predicted molar refractivity (Wildman–Crippen MR) is 95.0 cm³/mol. The van der Waals surface area contributed by atoms with Crippen molar-refractivity contribution in [2.45, 2.75) is 6.92 Å². The van der Waals surface area contributed by atoms with Gasteiger partial charge in [-0.25, -0.2) is 0 Å². The first kappa shape index (κ1) is 18.8. The second kappa shape index (κ2) is 8.04. The van der Waals surface area contributed by atoms with E-state index < -0.39 is 10.8 Å². The molecule has 0 aromatic heterocycles. The second-order valence-corrected chi connectivity index (χ2v) is 5.82. The number of hydrogen-bond donors (Lipinski definition) is 1. The summed E-state index contributed by atoms with van der Waals surface area (Å²) in [6.07, 6.45) is 0. The third-order valence-electron chi connectivity index (χ3n) is 3.26. The van der Waals surface area contributed by atoms with Gasteiger partial charge in [-0.05, 0) is 24.6 Å². The molecular weight excluding hydrogens is 371 g/mol. The van der Waals surface area contributed by atoms with Crippen molar-refractivity contribution in [2.75, 3.05) is 19.0 Å². The van der Waals surface area contributed by atoms with E-state index in [1.165, 1.54) is 25.3 Å². The summed E-state index contributed by atoms with van der Waals surface area (Å²) in [6, 6.07) is 7.36. The van der Waals surface area contributed by atoms with Crippen molar-refractivity contribution in [2.24, 2.45) is 0 Å². The SMILES string of the molecule is COc1cc(NC(=O)COc2ccc(Cl)c(Cl)c2)c(C)cc1[N+](=O)[O-]. The number of nitrogens with zero attached hydrogens (tertiary/aromatic N) is 1. The predicted octanol–water partition coefficient (Wildman–Crippen LogP) is 4.24. The third kappa shape index (κ3) is 4.74. The van der Waals surface area contributed by atoms with Gasteiger partial charge in [-0.1, -0.05) is 23.2 Å². The number of anilines is 1.